The van der Waals surface area contributed by atoms with Gasteiger partial charge in [0.2, 0.25) is 0 Å². The highest BCUT2D eigenvalue weighted by atomic mass is 32.2. The maximum absolute atomic E-state index is 10.8. The first-order valence-corrected chi connectivity index (χ1v) is 7.65. The lowest BCUT2D eigenvalue weighted by molar-refractivity contribution is 0.594. The van der Waals surface area contributed by atoms with Gasteiger partial charge in [0.25, 0.3) is 0 Å². The SMILES string of the molecule is Cc1ncc(CNCCCS(C)(=O)=O)s1. The van der Waals surface area contributed by atoms with Crippen molar-refractivity contribution in [2.24, 2.45) is 0 Å². The first kappa shape index (κ1) is 12.6. The molecule has 0 radical (unpaired) electrons. The van der Waals surface area contributed by atoms with Crippen LogP contribution in [0.25, 0.3) is 0 Å². The van der Waals surface area contributed by atoms with E-state index in [4.69, 9.17) is 0 Å². The molecule has 0 atom stereocenters. The quantitative estimate of drug-likeness (QED) is 0.762. The molecule has 6 heteroatoms. The standard InChI is InChI=1S/C9H16N2O2S2/c1-8-11-7-9(14-8)6-10-4-3-5-15(2,12)13/h7,10H,3-6H2,1-2H3. The predicted octanol–water partition coefficient (Wildman–Crippen LogP) is 0.976. The highest BCUT2D eigenvalue weighted by Crippen LogP contribution is 2.10. The number of hydrogen-bond donors (Lipinski definition) is 1. The highest BCUT2D eigenvalue weighted by Gasteiger charge is 2.01. The van der Waals surface area contributed by atoms with Crippen molar-refractivity contribution < 1.29 is 8.42 Å². The summed E-state index contributed by atoms with van der Waals surface area (Å²) < 4.78 is 21.7. The number of thiazole rings is 1. The van der Waals surface area contributed by atoms with Crippen LogP contribution in [-0.4, -0.2) is 32.0 Å². The number of nitrogens with zero attached hydrogens (tertiary/aromatic N) is 1. The molecule has 0 fully saturated rings. The Morgan fingerprint density at radius 2 is 2.27 bits per heavy atom. The van der Waals surface area contributed by atoms with Crippen LogP contribution < -0.4 is 5.32 Å². The van der Waals surface area contributed by atoms with Gasteiger partial charge in [0.15, 0.2) is 0 Å². The molecule has 0 aliphatic carbocycles. The van der Waals surface area contributed by atoms with Crippen LogP contribution in [0.1, 0.15) is 16.3 Å². The van der Waals surface area contributed by atoms with Crippen molar-refractivity contribution in [3.05, 3.63) is 16.1 Å². The van der Waals surface area contributed by atoms with Crippen molar-refractivity contribution >= 4 is 21.2 Å². The Hall–Kier alpha value is -0.460. The number of rotatable bonds is 6. The molecular weight excluding hydrogens is 232 g/mol. The van der Waals surface area contributed by atoms with Gasteiger partial charge in [-0.25, -0.2) is 13.4 Å². The molecule has 0 aliphatic heterocycles. The van der Waals surface area contributed by atoms with E-state index in [0.717, 1.165) is 18.1 Å². The molecule has 1 rings (SSSR count). The van der Waals surface area contributed by atoms with Gasteiger partial charge in [-0.1, -0.05) is 0 Å². The van der Waals surface area contributed by atoms with E-state index in [1.807, 2.05) is 13.1 Å². The van der Waals surface area contributed by atoms with Crippen LogP contribution in [0, 0.1) is 6.92 Å². The molecule has 86 valence electrons. The van der Waals surface area contributed by atoms with Crippen LogP contribution in [0.15, 0.2) is 6.20 Å². The van der Waals surface area contributed by atoms with Crippen molar-refractivity contribution in [1.82, 2.24) is 10.3 Å². The molecule has 0 spiro atoms. The van der Waals surface area contributed by atoms with E-state index in [2.05, 4.69) is 10.3 Å². The van der Waals surface area contributed by atoms with Crippen molar-refractivity contribution in [2.45, 2.75) is 19.9 Å². The van der Waals surface area contributed by atoms with Gasteiger partial charge in [0.05, 0.1) is 10.8 Å². The van der Waals surface area contributed by atoms with E-state index >= 15 is 0 Å². The average molecular weight is 248 g/mol. The minimum Gasteiger partial charge on any atom is -0.312 e. The molecule has 15 heavy (non-hydrogen) atoms. The fraction of sp³-hybridized carbons (Fsp3) is 0.667. The number of aryl methyl sites for hydroxylation is 1. The van der Waals surface area contributed by atoms with Gasteiger partial charge in [0.1, 0.15) is 9.84 Å². The van der Waals surface area contributed by atoms with Crippen LogP contribution in [-0.2, 0) is 16.4 Å². The van der Waals surface area contributed by atoms with E-state index < -0.39 is 9.84 Å². The van der Waals surface area contributed by atoms with Crippen LogP contribution in [0.5, 0.6) is 0 Å². The molecule has 0 saturated carbocycles. The maximum Gasteiger partial charge on any atom is 0.147 e. The van der Waals surface area contributed by atoms with Gasteiger partial charge >= 0.3 is 0 Å². The monoisotopic (exact) mass is 248 g/mol. The molecule has 0 saturated heterocycles. The Kier molecular flexibility index (Phi) is 4.69. The zero-order chi connectivity index (χ0) is 11.3. The Labute approximate surface area is 94.7 Å². The molecule has 0 aliphatic rings. The van der Waals surface area contributed by atoms with Gasteiger partial charge in [0, 0.05) is 23.9 Å². The maximum atomic E-state index is 10.8. The fourth-order valence-corrected chi connectivity index (χ4v) is 2.59. The van der Waals surface area contributed by atoms with Gasteiger partial charge in [-0.15, -0.1) is 11.3 Å². The number of aromatic nitrogens is 1. The second-order valence-corrected chi connectivity index (χ2v) is 7.08. The van der Waals surface area contributed by atoms with Gasteiger partial charge in [-0.2, -0.15) is 0 Å². The number of hydrogen-bond acceptors (Lipinski definition) is 5. The van der Waals surface area contributed by atoms with E-state index in [1.54, 1.807) is 11.3 Å². The first-order chi connectivity index (χ1) is 6.97. The zero-order valence-corrected chi connectivity index (χ0v) is 10.6. The Bertz CT molecular complexity index is 398. The van der Waals surface area contributed by atoms with Crippen molar-refractivity contribution in [1.29, 1.82) is 0 Å². The normalized spacial score (nSPS) is 11.9. The third-order valence-corrected chi connectivity index (χ3v) is 3.78. The third kappa shape index (κ3) is 5.86. The Balaban J connectivity index is 2.12. The topological polar surface area (TPSA) is 59.1 Å². The second-order valence-electron chi connectivity index (χ2n) is 3.51. The summed E-state index contributed by atoms with van der Waals surface area (Å²) in [5.41, 5.74) is 0. The third-order valence-electron chi connectivity index (χ3n) is 1.84. The summed E-state index contributed by atoms with van der Waals surface area (Å²) in [7, 11) is -2.81. The van der Waals surface area contributed by atoms with E-state index in [1.165, 1.54) is 11.1 Å². The molecule has 1 N–H and O–H groups in total. The summed E-state index contributed by atoms with van der Waals surface area (Å²) in [4.78, 5) is 5.32. The van der Waals surface area contributed by atoms with Gasteiger partial charge < -0.3 is 5.32 Å². The van der Waals surface area contributed by atoms with Crippen LogP contribution >= 0.6 is 11.3 Å². The minimum absolute atomic E-state index is 0.252. The lowest BCUT2D eigenvalue weighted by atomic mass is 10.4. The lowest BCUT2D eigenvalue weighted by Gasteiger charge is -2.01. The zero-order valence-electron chi connectivity index (χ0n) is 8.99. The largest absolute Gasteiger partial charge is 0.312 e. The summed E-state index contributed by atoms with van der Waals surface area (Å²) in [6.07, 6.45) is 3.78. The van der Waals surface area contributed by atoms with Crippen LogP contribution in [0.2, 0.25) is 0 Å². The van der Waals surface area contributed by atoms with Gasteiger partial charge in [-0.05, 0) is 19.9 Å². The van der Waals surface area contributed by atoms with E-state index in [0.29, 0.717) is 6.42 Å². The molecule has 0 amide bonds. The molecule has 0 aromatic carbocycles. The first-order valence-electron chi connectivity index (χ1n) is 4.77. The summed E-state index contributed by atoms with van der Waals surface area (Å²) in [5, 5.41) is 4.25. The molecule has 1 heterocycles. The van der Waals surface area contributed by atoms with Crippen molar-refractivity contribution in [3.8, 4) is 0 Å². The summed E-state index contributed by atoms with van der Waals surface area (Å²) >= 11 is 1.66. The van der Waals surface area contributed by atoms with Crippen LogP contribution in [0.4, 0.5) is 0 Å². The summed E-state index contributed by atoms with van der Waals surface area (Å²) in [6, 6.07) is 0. The molecule has 1 aromatic rings. The van der Waals surface area contributed by atoms with Gasteiger partial charge in [-0.3, -0.25) is 0 Å². The van der Waals surface area contributed by atoms with Crippen molar-refractivity contribution in [3.63, 3.8) is 0 Å². The predicted molar refractivity (Wildman–Crippen MR) is 62.9 cm³/mol. The number of sulfone groups is 1. The fourth-order valence-electron chi connectivity index (χ4n) is 1.16. The van der Waals surface area contributed by atoms with E-state index in [9.17, 15) is 8.42 Å². The lowest BCUT2D eigenvalue weighted by Crippen LogP contribution is -2.17. The van der Waals surface area contributed by atoms with Crippen LogP contribution in [0.3, 0.4) is 0 Å². The highest BCUT2D eigenvalue weighted by molar-refractivity contribution is 7.90. The Morgan fingerprint density at radius 1 is 1.53 bits per heavy atom. The summed E-state index contributed by atoms with van der Waals surface area (Å²) in [5.74, 6) is 0.252. The number of nitrogens with one attached hydrogen (secondary N) is 1. The molecule has 4 nitrogen and oxygen atoms in total. The minimum atomic E-state index is -2.81. The Morgan fingerprint density at radius 3 is 2.80 bits per heavy atom. The smallest absolute Gasteiger partial charge is 0.147 e. The van der Waals surface area contributed by atoms with E-state index in [-0.39, 0.29) is 5.75 Å². The molecule has 0 bridgehead atoms. The molecule has 0 unspecified atom stereocenters. The molecule has 1 aromatic heterocycles. The molecular formula is C9H16N2O2S2. The summed E-state index contributed by atoms with van der Waals surface area (Å²) in [6.45, 7) is 3.47. The average Bonchev–Trinajstić information content (AvgIpc) is 2.49. The second kappa shape index (κ2) is 5.58. The van der Waals surface area contributed by atoms with Crippen molar-refractivity contribution in [2.75, 3.05) is 18.6 Å².